The summed E-state index contributed by atoms with van der Waals surface area (Å²) in [5.41, 5.74) is 0. The topological polar surface area (TPSA) is 83.9 Å². The van der Waals surface area contributed by atoms with Crippen molar-refractivity contribution in [1.82, 2.24) is 4.31 Å². The van der Waals surface area contributed by atoms with Crippen LogP contribution in [0.2, 0.25) is 0 Å². The van der Waals surface area contributed by atoms with E-state index < -0.39 is 33.2 Å². The van der Waals surface area contributed by atoms with Crippen molar-refractivity contribution in [2.75, 3.05) is 20.3 Å². The zero-order chi connectivity index (χ0) is 12.5. The minimum absolute atomic E-state index is 0.0674. The van der Waals surface area contributed by atoms with Crippen LogP contribution in [0.4, 0.5) is 0 Å². The monoisotopic (exact) mass is 251 g/mol. The molecule has 94 valence electrons. The standard InChI is InChI=1S/C9H17NO5S/c1-6(2)16(13,14)10(3)8-5-15-4-7(8)9(11)12/h6-8H,4-5H2,1-3H3,(H,11,12). The average molecular weight is 251 g/mol. The molecule has 0 radical (unpaired) electrons. The summed E-state index contributed by atoms with van der Waals surface area (Å²) in [6.07, 6.45) is 0. The van der Waals surface area contributed by atoms with Crippen LogP contribution in [0.25, 0.3) is 0 Å². The highest BCUT2D eigenvalue weighted by molar-refractivity contribution is 7.89. The third kappa shape index (κ3) is 2.36. The summed E-state index contributed by atoms with van der Waals surface area (Å²) in [5.74, 6) is -1.80. The summed E-state index contributed by atoms with van der Waals surface area (Å²) < 4.78 is 29.9. The van der Waals surface area contributed by atoms with Crippen molar-refractivity contribution in [3.63, 3.8) is 0 Å². The number of aliphatic carboxylic acids is 1. The van der Waals surface area contributed by atoms with Crippen molar-refractivity contribution in [2.45, 2.75) is 25.1 Å². The van der Waals surface area contributed by atoms with E-state index in [0.717, 1.165) is 4.31 Å². The first-order valence-electron chi connectivity index (χ1n) is 5.06. The molecule has 0 aromatic carbocycles. The van der Waals surface area contributed by atoms with Crippen molar-refractivity contribution < 1.29 is 23.1 Å². The Labute approximate surface area is 95.2 Å². The summed E-state index contributed by atoms with van der Waals surface area (Å²) in [6.45, 7) is 3.34. The lowest BCUT2D eigenvalue weighted by atomic mass is 10.1. The van der Waals surface area contributed by atoms with Gasteiger partial charge in [0.1, 0.15) is 0 Å². The number of likely N-dealkylation sites (N-methyl/N-ethyl adjacent to an activating group) is 1. The molecule has 0 bridgehead atoms. The van der Waals surface area contributed by atoms with E-state index >= 15 is 0 Å². The number of ether oxygens (including phenoxy) is 1. The van der Waals surface area contributed by atoms with E-state index in [0.29, 0.717) is 0 Å². The normalized spacial score (nSPS) is 26.6. The molecule has 1 rings (SSSR count). The number of carboxylic acids is 1. The molecule has 1 fully saturated rings. The van der Waals surface area contributed by atoms with E-state index in [2.05, 4.69) is 0 Å². The highest BCUT2D eigenvalue weighted by Gasteiger charge is 2.41. The Kier molecular flexibility index (Phi) is 3.92. The number of carbonyl (C=O) groups is 1. The lowest BCUT2D eigenvalue weighted by Crippen LogP contribution is -2.46. The molecule has 7 heteroatoms. The van der Waals surface area contributed by atoms with Gasteiger partial charge in [-0.1, -0.05) is 0 Å². The molecule has 1 aliphatic rings. The highest BCUT2D eigenvalue weighted by Crippen LogP contribution is 2.22. The summed E-state index contributed by atoms with van der Waals surface area (Å²) >= 11 is 0. The second kappa shape index (κ2) is 4.68. The Bertz CT molecular complexity index is 364. The zero-order valence-electron chi connectivity index (χ0n) is 9.58. The molecule has 0 aliphatic carbocycles. The Balaban J connectivity index is 2.89. The maximum atomic E-state index is 11.9. The van der Waals surface area contributed by atoms with E-state index in [4.69, 9.17) is 9.84 Å². The summed E-state index contributed by atoms with van der Waals surface area (Å²) in [5, 5.41) is 8.37. The molecule has 0 aromatic rings. The number of rotatable bonds is 4. The van der Waals surface area contributed by atoms with E-state index in [1.54, 1.807) is 13.8 Å². The van der Waals surface area contributed by atoms with Crippen LogP contribution in [0.3, 0.4) is 0 Å². The molecule has 0 aromatic heterocycles. The first-order chi connectivity index (χ1) is 7.28. The van der Waals surface area contributed by atoms with E-state index in [1.165, 1.54) is 7.05 Å². The van der Waals surface area contributed by atoms with Gasteiger partial charge in [0.05, 0.1) is 30.4 Å². The molecule has 0 amide bonds. The molecule has 16 heavy (non-hydrogen) atoms. The number of hydrogen-bond acceptors (Lipinski definition) is 4. The van der Waals surface area contributed by atoms with Crippen molar-refractivity contribution in [3.8, 4) is 0 Å². The maximum absolute atomic E-state index is 11.9. The van der Waals surface area contributed by atoms with E-state index in [9.17, 15) is 13.2 Å². The van der Waals surface area contributed by atoms with Gasteiger partial charge in [-0.15, -0.1) is 0 Å². The van der Waals surface area contributed by atoms with Gasteiger partial charge < -0.3 is 9.84 Å². The van der Waals surface area contributed by atoms with E-state index in [1.807, 2.05) is 0 Å². The number of sulfonamides is 1. The SMILES string of the molecule is CC(C)S(=O)(=O)N(C)C1COCC1C(=O)O. The van der Waals surface area contributed by atoms with Crippen molar-refractivity contribution in [2.24, 2.45) is 5.92 Å². The third-order valence-corrected chi connectivity index (χ3v) is 5.10. The van der Waals surface area contributed by atoms with Crippen LogP contribution in [0.5, 0.6) is 0 Å². The molecule has 1 heterocycles. The van der Waals surface area contributed by atoms with Crippen LogP contribution in [-0.2, 0) is 19.6 Å². The average Bonchev–Trinajstić information content (AvgIpc) is 2.64. The first kappa shape index (κ1) is 13.4. The van der Waals surface area contributed by atoms with Gasteiger partial charge in [-0.2, -0.15) is 4.31 Å². The van der Waals surface area contributed by atoms with Crippen LogP contribution in [-0.4, -0.2) is 55.4 Å². The molecule has 1 aliphatic heterocycles. The molecule has 1 N–H and O–H groups in total. The zero-order valence-corrected chi connectivity index (χ0v) is 10.4. The quantitative estimate of drug-likeness (QED) is 0.745. The van der Waals surface area contributed by atoms with Crippen molar-refractivity contribution in [3.05, 3.63) is 0 Å². The smallest absolute Gasteiger partial charge is 0.310 e. The second-order valence-electron chi connectivity index (χ2n) is 4.16. The Morgan fingerprint density at radius 3 is 2.44 bits per heavy atom. The number of carboxylic acid groups (broad SMARTS) is 1. The third-order valence-electron chi connectivity index (χ3n) is 2.83. The van der Waals surface area contributed by atoms with Gasteiger partial charge in [0.25, 0.3) is 0 Å². The van der Waals surface area contributed by atoms with Crippen LogP contribution in [0.15, 0.2) is 0 Å². The van der Waals surface area contributed by atoms with Crippen LogP contribution >= 0.6 is 0 Å². The Morgan fingerprint density at radius 1 is 1.44 bits per heavy atom. The van der Waals surface area contributed by atoms with Crippen LogP contribution in [0.1, 0.15) is 13.8 Å². The predicted octanol–water partition coefficient (Wildman–Crippen LogP) is -0.244. The van der Waals surface area contributed by atoms with Gasteiger partial charge in [0.15, 0.2) is 0 Å². The summed E-state index contributed by atoms with van der Waals surface area (Å²) in [6, 6.07) is -0.607. The lowest BCUT2D eigenvalue weighted by Gasteiger charge is -2.27. The van der Waals surface area contributed by atoms with Crippen molar-refractivity contribution >= 4 is 16.0 Å². The van der Waals surface area contributed by atoms with Gasteiger partial charge in [0, 0.05) is 7.05 Å². The maximum Gasteiger partial charge on any atom is 0.310 e. The second-order valence-corrected chi connectivity index (χ2v) is 6.71. The molecular formula is C9H17NO5S. The highest BCUT2D eigenvalue weighted by atomic mass is 32.2. The molecule has 2 atom stereocenters. The van der Waals surface area contributed by atoms with Crippen LogP contribution in [0, 0.1) is 5.92 Å². The van der Waals surface area contributed by atoms with Crippen LogP contribution < -0.4 is 0 Å². The van der Waals surface area contributed by atoms with Gasteiger partial charge in [-0.05, 0) is 13.8 Å². The largest absolute Gasteiger partial charge is 0.481 e. The molecule has 2 unspecified atom stereocenters. The molecule has 6 nitrogen and oxygen atoms in total. The first-order valence-corrected chi connectivity index (χ1v) is 6.56. The number of nitrogens with zero attached hydrogens (tertiary/aromatic N) is 1. The minimum Gasteiger partial charge on any atom is -0.481 e. The van der Waals surface area contributed by atoms with Gasteiger partial charge >= 0.3 is 5.97 Å². The van der Waals surface area contributed by atoms with Gasteiger partial charge in [0.2, 0.25) is 10.0 Å². The van der Waals surface area contributed by atoms with Gasteiger partial charge in [-0.25, -0.2) is 8.42 Å². The van der Waals surface area contributed by atoms with Crippen molar-refractivity contribution in [1.29, 1.82) is 0 Å². The fourth-order valence-electron chi connectivity index (χ4n) is 1.66. The minimum atomic E-state index is -3.44. The number of hydrogen-bond donors (Lipinski definition) is 1. The summed E-state index contributed by atoms with van der Waals surface area (Å²) in [4.78, 5) is 10.9. The van der Waals surface area contributed by atoms with E-state index in [-0.39, 0.29) is 13.2 Å². The fraction of sp³-hybridized carbons (Fsp3) is 0.889. The Hall–Kier alpha value is -0.660. The van der Waals surface area contributed by atoms with Gasteiger partial charge in [-0.3, -0.25) is 4.79 Å². The summed E-state index contributed by atoms with van der Waals surface area (Å²) in [7, 11) is -2.03. The molecule has 0 spiro atoms. The fourth-order valence-corrected chi connectivity index (χ4v) is 2.91. The molecule has 1 saturated heterocycles. The lowest BCUT2D eigenvalue weighted by molar-refractivity contribution is -0.142. The molecule has 0 saturated carbocycles. The molecular weight excluding hydrogens is 234 g/mol. The predicted molar refractivity (Wildman–Crippen MR) is 57.6 cm³/mol. The Morgan fingerprint density at radius 2 is 2.00 bits per heavy atom.